The van der Waals surface area contributed by atoms with Crippen molar-refractivity contribution in [2.24, 2.45) is 5.92 Å². The second-order valence-electron chi connectivity index (χ2n) is 9.55. The first-order chi connectivity index (χ1) is 21.2. The molecule has 2 N–H and O–H groups in total. The van der Waals surface area contributed by atoms with Crippen molar-refractivity contribution in [1.82, 2.24) is 10.6 Å². The zero-order chi connectivity index (χ0) is 30.9. The number of hydrogen-bond acceptors (Lipinski definition) is 12. The number of aldehydes is 1. The molecule has 1 rings (SSSR count). The van der Waals surface area contributed by atoms with Crippen LogP contribution in [-0.4, -0.2) is 150 Å². The van der Waals surface area contributed by atoms with Crippen LogP contribution in [0.15, 0.2) is 0 Å². The number of hydrogen-bond donors (Lipinski definition) is 2. The predicted octanol–water partition coefficient (Wildman–Crippen LogP) is 0.147. The molecule has 1 fully saturated rings. The third-order valence-corrected chi connectivity index (χ3v) is 6.11. The lowest BCUT2D eigenvalue weighted by Crippen LogP contribution is -2.34. The summed E-state index contributed by atoms with van der Waals surface area (Å²) in [5.41, 5.74) is 0. The number of ether oxygens (including phenoxy) is 9. The first-order valence-electron chi connectivity index (χ1n) is 15.4. The van der Waals surface area contributed by atoms with Crippen LogP contribution in [0.25, 0.3) is 0 Å². The van der Waals surface area contributed by atoms with Crippen molar-refractivity contribution in [1.29, 1.82) is 0 Å². The molecule has 0 unspecified atom stereocenters. The lowest BCUT2D eigenvalue weighted by Gasteiger charge is -2.20. The smallest absolute Gasteiger partial charge is 0.246 e. The van der Waals surface area contributed by atoms with E-state index in [0.717, 1.165) is 25.7 Å². The summed E-state index contributed by atoms with van der Waals surface area (Å²) in [7, 11) is 0. The SMILES string of the molecule is O=CCNC(=O)COCCOCCOCCOCCOCCOCCOCCOCCOCCNC(=O)C1CCCCC1. The third-order valence-electron chi connectivity index (χ3n) is 6.11. The van der Waals surface area contributed by atoms with E-state index in [9.17, 15) is 14.4 Å². The quantitative estimate of drug-likeness (QED) is 0.0774. The first kappa shape index (κ1) is 39.3. The molecule has 1 aliphatic rings. The Kier molecular flexibility index (Phi) is 28.9. The molecule has 14 nitrogen and oxygen atoms in total. The molecule has 1 aliphatic carbocycles. The number of nitrogens with one attached hydrogen (secondary N) is 2. The molecule has 0 heterocycles. The van der Waals surface area contributed by atoms with E-state index in [1.54, 1.807) is 0 Å². The minimum absolute atomic E-state index is 0.0131. The summed E-state index contributed by atoms with van der Waals surface area (Å²) in [6, 6.07) is 0. The molecular formula is C29H54N2O12. The lowest BCUT2D eigenvalue weighted by atomic mass is 9.89. The largest absolute Gasteiger partial charge is 0.377 e. The normalized spacial score (nSPS) is 13.7. The van der Waals surface area contributed by atoms with Gasteiger partial charge in [-0.3, -0.25) is 9.59 Å². The molecule has 43 heavy (non-hydrogen) atoms. The predicted molar refractivity (Wildman–Crippen MR) is 156 cm³/mol. The zero-order valence-corrected chi connectivity index (χ0v) is 25.7. The van der Waals surface area contributed by atoms with Crippen LogP contribution >= 0.6 is 0 Å². The van der Waals surface area contributed by atoms with E-state index in [0.29, 0.717) is 119 Å². The summed E-state index contributed by atoms with van der Waals surface area (Å²) >= 11 is 0. The van der Waals surface area contributed by atoms with Gasteiger partial charge in [0, 0.05) is 12.5 Å². The minimum atomic E-state index is -0.336. The Balaban J connectivity index is 1.65. The summed E-state index contributed by atoms with van der Waals surface area (Å²) < 4.78 is 48.6. The molecule has 2 amide bonds. The summed E-state index contributed by atoms with van der Waals surface area (Å²) in [4.78, 5) is 33.3. The number of amides is 2. The second-order valence-corrected chi connectivity index (χ2v) is 9.55. The molecule has 0 radical (unpaired) electrons. The summed E-state index contributed by atoms with van der Waals surface area (Å²) in [6.07, 6.45) is 6.19. The van der Waals surface area contributed by atoms with Crippen LogP contribution in [0.3, 0.4) is 0 Å². The molecule has 0 bridgehead atoms. The summed E-state index contributed by atoms with van der Waals surface area (Å²) in [5.74, 6) is 0.0117. The van der Waals surface area contributed by atoms with Crippen LogP contribution < -0.4 is 10.6 Å². The number of rotatable bonds is 32. The van der Waals surface area contributed by atoms with Gasteiger partial charge in [0.05, 0.1) is 119 Å². The molecule has 0 aromatic carbocycles. The molecule has 0 aromatic heterocycles. The Hall–Kier alpha value is -1.75. The average Bonchev–Trinajstić information content (AvgIpc) is 3.03. The van der Waals surface area contributed by atoms with Crippen LogP contribution in [0.2, 0.25) is 0 Å². The molecule has 0 atom stereocenters. The van der Waals surface area contributed by atoms with Crippen molar-refractivity contribution < 1.29 is 57.0 Å². The fraction of sp³-hybridized carbons (Fsp3) is 0.897. The molecule has 0 spiro atoms. The molecule has 1 saturated carbocycles. The number of carbonyl (C=O) groups excluding carboxylic acids is 3. The Labute approximate surface area is 256 Å². The van der Waals surface area contributed by atoms with Crippen molar-refractivity contribution in [2.75, 3.05) is 132 Å². The van der Waals surface area contributed by atoms with E-state index in [4.69, 9.17) is 42.6 Å². The Morgan fingerprint density at radius 1 is 0.512 bits per heavy atom. The standard InChI is InChI=1S/C29H54N2O12/c32-8-6-30-28(33)26-43-25-24-42-23-22-41-21-20-40-19-18-39-17-16-38-15-14-37-13-12-36-11-10-35-9-7-31-29(34)27-4-2-1-3-5-27/h8,27H,1-7,9-26H2,(H,30,33)(H,31,34). The van der Waals surface area contributed by atoms with Gasteiger partial charge in [0.15, 0.2) is 0 Å². The molecule has 252 valence electrons. The van der Waals surface area contributed by atoms with Gasteiger partial charge in [-0.2, -0.15) is 0 Å². The van der Waals surface area contributed by atoms with Crippen LogP contribution in [0.1, 0.15) is 32.1 Å². The average molecular weight is 623 g/mol. The highest BCUT2D eigenvalue weighted by molar-refractivity contribution is 5.79. The fourth-order valence-corrected chi connectivity index (χ4v) is 3.89. The Morgan fingerprint density at radius 3 is 1.28 bits per heavy atom. The number of carbonyl (C=O) groups is 3. The maximum atomic E-state index is 12.0. The first-order valence-corrected chi connectivity index (χ1v) is 15.4. The van der Waals surface area contributed by atoms with Crippen molar-refractivity contribution in [3.05, 3.63) is 0 Å². The van der Waals surface area contributed by atoms with Gasteiger partial charge in [0.2, 0.25) is 11.8 Å². The topological polar surface area (TPSA) is 158 Å². The van der Waals surface area contributed by atoms with Gasteiger partial charge in [-0.1, -0.05) is 19.3 Å². The highest BCUT2D eigenvalue weighted by Crippen LogP contribution is 2.23. The second kappa shape index (κ2) is 31.7. The Bertz CT molecular complexity index is 653. The van der Waals surface area contributed by atoms with E-state index < -0.39 is 0 Å². The van der Waals surface area contributed by atoms with E-state index >= 15 is 0 Å². The highest BCUT2D eigenvalue weighted by Gasteiger charge is 2.20. The Morgan fingerprint density at radius 2 is 0.884 bits per heavy atom. The fourth-order valence-electron chi connectivity index (χ4n) is 3.89. The zero-order valence-electron chi connectivity index (χ0n) is 25.7. The van der Waals surface area contributed by atoms with Crippen molar-refractivity contribution in [2.45, 2.75) is 32.1 Å². The summed E-state index contributed by atoms with van der Waals surface area (Å²) in [5, 5.41) is 5.33. The van der Waals surface area contributed by atoms with Gasteiger partial charge < -0.3 is 58.1 Å². The molecule has 0 aliphatic heterocycles. The van der Waals surface area contributed by atoms with Crippen molar-refractivity contribution in [3.63, 3.8) is 0 Å². The van der Waals surface area contributed by atoms with Gasteiger partial charge in [0.1, 0.15) is 12.9 Å². The molecule has 0 saturated heterocycles. The van der Waals surface area contributed by atoms with E-state index in [1.807, 2.05) is 0 Å². The van der Waals surface area contributed by atoms with Gasteiger partial charge in [-0.15, -0.1) is 0 Å². The van der Waals surface area contributed by atoms with E-state index in [-0.39, 0.29) is 37.5 Å². The van der Waals surface area contributed by atoms with Crippen LogP contribution in [-0.2, 0) is 57.0 Å². The van der Waals surface area contributed by atoms with Crippen molar-refractivity contribution >= 4 is 18.1 Å². The van der Waals surface area contributed by atoms with E-state index in [1.165, 1.54) is 6.42 Å². The lowest BCUT2D eigenvalue weighted by molar-refractivity contribution is -0.127. The monoisotopic (exact) mass is 622 g/mol. The molecule has 0 aromatic rings. The minimum Gasteiger partial charge on any atom is -0.377 e. The van der Waals surface area contributed by atoms with Crippen LogP contribution in [0.5, 0.6) is 0 Å². The maximum Gasteiger partial charge on any atom is 0.246 e. The highest BCUT2D eigenvalue weighted by atomic mass is 16.6. The summed E-state index contributed by atoms with van der Waals surface area (Å²) in [6.45, 7) is 8.21. The van der Waals surface area contributed by atoms with Crippen molar-refractivity contribution in [3.8, 4) is 0 Å². The van der Waals surface area contributed by atoms with Gasteiger partial charge in [-0.05, 0) is 12.8 Å². The van der Waals surface area contributed by atoms with Crippen LogP contribution in [0, 0.1) is 5.92 Å². The van der Waals surface area contributed by atoms with Crippen LogP contribution in [0.4, 0.5) is 0 Å². The third kappa shape index (κ3) is 27.5. The van der Waals surface area contributed by atoms with E-state index in [2.05, 4.69) is 10.6 Å². The maximum absolute atomic E-state index is 12.0. The molecular weight excluding hydrogens is 568 g/mol. The van der Waals surface area contributed by atoms with Gasteiger partial charge >= 0.3 is 0 Å². The molecule has 14 heteroatoms. The van der Waals surface area contributed by atoms with Gasteiger partial charge in [-0.25, -0.2) is 0 Å². The van der Waals surface area contributed by atoms with Gasteiger partial charge in [0.25, 0.3) is 0 Å².